The lowest BCUT2D eigenvalue weighted by Crippen LogP contribution is -2.08. The number of rotatable bonds is 7. The minimum absolute atomic E-state index is 0.522. The Morgan fingerprint density at radius 1 is 1.24 bits per heavy atom. The van der Waals surface area contributed by atoms with Crippen molar-refractivity contribution in [3.8, 4) is 0 Å². The summed E-state index contributed by atoms with van der Waals surface area (Å²) in [5.41, 5.74) is 0. The highest BCUT2D eigenvalue weighted by Crippen LogP contribution is 2.28. The number of methoxy groups -OCH3 is 1. The molecule has 2 N–H and O–H groups in total. The summed E-state index contributed by atoms with van der Waals surface area (Å²) in [5, 5.41) is 7.28. The van der Waals surface area contributed by atoms with Crippen LogP contribution >= 0.6 is 23.2 Å². The summed E-state index contributed by atoms with van der Waals surface area (Å²) in [6, 6.07) is 1.69. The maximum absolute atomic E-state index is 6.05. The van der Waals surface area contributed by atoms with E-state index in [1.165, 1.54) is 0 Å². The molecule has 0 aliphatic heterocycles. The summed E-state index contributed by atoms with van der Waals surface area (Å²) in [5.74, 6) is 1.29. The average Bonchev–Trinajstić information content (AvgIpc) is 2.30. The van der Waals surface area contributed by atoms with Crippen molar-refractivity contribution in [2.45, 2.75) is 13.3 Å². The summed E-state index contributed by atoms with van der Waals surface area (Å²) >= 11 is 12.1. The van der Waals surface area contributed by atoms with Gasteiger partial charge in [0.1, 0.15) is 11.6 Å². The van der Waals surface area contributed by atoms with E-state index in [-0.39, 0.29) is 0 Å². The van der Waals surface area contributed by atoms with Gasteiger partial charge in [0.25, 0.3) is 0 Å². The van der Waals surface area contributed by atoms with Crippen molar-refractivity contribution < 1.29 is 4.74 Å². The van der Waals surface area contributed by atoms with E-state index in [9.17, 15) is 0 Å². The maximum atomic E-state index is 6.05. The zero-order chi connectivity index (χ0) is 12.7. The molecule has 1 heterocycles. The van der Waals surface area contributed by atoms with Gasteiger partial charge in [0, 0.05) is 26.8 Å². The van der Waals surface area contributed by atoms with Crippen molar-refractivity contribution >= 4 is 34.8 Å². The molecule has 0 saturated carbocycles. The van der Waals surface area contributed by atoms with Crippen molar-refractivity contribution in [1.29, 1.82) is 0 Å². The molecule has 0 aliphatic rings. The number of hydrogen-bond acceptors (Lipinski definition) is 4. The predicted octanol–water partition coefficient (Wildman–Crippen LogP) is 3.27. The van der Waals surface area contributed by atoms with Gasteiger partial charge in [-0.05, 0) is 19.4 Å². The molecule has 0 saturated heterocycles. The van der Waals surface area contributed by atoms with Crippen LogP contribution in [0.5, 0.6) is 0 Å². The van der Waals surface area contributed by atoms with E-state index in [1.54, 1.807) is 13.2 Å². The minimum Gasteiger partial charge on any atom is -0.385 e. The first-order valence-electron chi connectivity index (χ1n) is 5.51. The van der Waals surface area contributed by atoms with Gasteiger partial charge in [0.05, 0.1) is 10.0 Å². The van der Waals surface area contributed by atoms with Crippen LogP contribution in [-0.2, 0) is 4.74 Å². The lowest BCUT2D eigenvalue weighted by Gasteiger charge is -2.11. The SMILES string of the molecule is CCNc1nc(NCCCOC)c(Cl)cc1Cl. The number of hydrogen-bond donors (Lipinski definition) is 2. The van der Waals surface area contributed by atoms with E-state index in [0.29, 0.717) is 28.3 Å². The number of anilines is 2. The van der Waals surface area contributed by atoms with E-state index in [2.05, 4.69) is 15.6 Å². The van der Waals surface area contributed by atoms with Gasteiger partial charge >= 0.3 is 0 Å². The van der Waals surface area contributed by atoms with Crippen molar-refractivity contribution in [3.63, 3.8) is 0 Å². The number of pyridine rings is 1. The monoisotopic (exact) mass is 277 g/mol. The van der Waals surface area contributed by atoms with Crippen molar-refractivity contribution in [1.82, 2.24) is 4.98 Å². The van der Waals surface area contributed by atoms with Crippen LogP contribution in [0.1, 0.15) is 13.3 Å². The largest absolute Gasteiger partial charge is 0.385 e. The first-order chi connectivity index (χ1) is 8.19. The normalized spacial score (nSPS) is 10.4. The maximum Gasteiger partial charge on any atom is 0.147 e. The fourth-order valence-electron chi connectivity index (χ4n) is 1.31. The number of aromatic nitrogens is 1. The fraction of sp³-hybridized carbons (Fsp3) is 0.545. The second-order valence-corrected chi connectivity index (χ2v) is 4.27. The second kappa shape index (κ2) is 7.58. The quantitative estimate of drug-likeness (QED) is 0.751. The zero-order valence-corrected chi connectivity index (χ0v) is 11.5. The highest BCUT2D eigenvalue weighted by molar-refractivity contribution is 6.37. The molecular formula is C11H17Cl2N3O. The number of halogens is 2. The molecule has 0 spiro atoms. The molecule has 0 radical (unpaired) electrons. The van der Waals surface area contributed by atoms with Crippen LogP contribution in [0.2, 0.25) is 10.0 Å². The van der Waals surface area contributed by atoms with Crippen molar-refractivity contribution in [2.24, 2.45) is 0 Å². The minimum atomic E-state index is 0.522. The Labute approximate surface area is 112 Å². The van der Waals surface area contributed by atoms with E-state index in [0.717, 1.165) is 19.5 Å². The van der Waals surface area contributed by atoms with Crippen LogP contribution in [0.3, 0.4) is 0 Å². The van der Waals surface area contributed by atoms with Gasteiger partial charge in [0.2, 0.25) is 0 Å². The molecule has 0 unspecified atom stereocenters. The molecule has 0 aliphatic carbocycles. The van der Waals surface area contributed by atoms with Gasteiger partial charge in [-0.25, -0.2) is 4.98 Å². The number of ether oxygens (including phenoxy) is 1. The highest BCUT2D eigenvalue weighted by Gasteiger charge is 2.08. The average molecular weight is 278 g/mol. The Morgan fingerprint density at radius 2 is 1.88 bits per heavy atom. The molecule has 1 rings (SSSR count). The Bertz CT molecular complexity index is 361. The third kappa shape index (κ3) is 4.58. The van der Waals surface area contributed by atoms with E-state index < -0.39 is 0 Å². The van der Waals surface area contributed by atoms with Gasteiger partial charge in [-0.1, -0.05) is 23.2 Å². The predicted molar refractivity (Wildman–Crippen MR) is 73.4 cm³/mol. The molecule has 17 heavy (non-hydrogen) atoms. The lowest BCUT2D eigenvalue weighted by molar-refractivity contribution is 0.198. The van der Waals surface area contributed by atoms with E-state index >= 15 is 0 Å². The Hall–Kier alpha value is -0.710. The van der Waals surface area contributed by atoms with Crippen molar-refractivity contribution in [2.75, 3.05) is 37.4 Å². The Morgan fingerprint density at radius 3 is 2.47 bits per heavy atom. The molecule has 6 heteroatoms. The third-order valence-electron chi connectivity index (χ3n) is 2.09. The third-order valence-corrected chi connectivity index (χ3v) is 2.67. The van der Waals surface area contributed by atoms with Gasteiger partial charge in [-0.3, -0.25) is 0 Å². The summed E-state index contributed by atoms with van der Waals surface area (Å²) in [6.45, 7) is 4.21. The van der Waals surface area contributed by atoms with Gasteiger partial charge in [-0.2, -0.15) is 0 Å². The molecule has 0 aromatic carbocycles. The van der Waals surface area contributed by atoms with E-state index in [4.69, 9.17) is 27.9 Å². The van der Waals surface area contributed by atoms with Gasteiger partial charge in [-0.15, -0.1) is 0 Å². The summed E-state index contributed by atoms with van der Waals surface area (Å²) in [7, 11) is 1.68. The Kier molecular flexibility index (Phi) is 6.40. The zero-order valence-electron chi connectivity index (χ0n) is 10.0. The molecule has 96 valence electrons. The molecule has 4 nitrogen and oxygen atoms in total. The first-order valence-corrected chi connectivity index (χ1v) is 6.27. The van der Waals surface area contributed by atoms with Crippen LogP contribution < -0.4 is 10.6 Å². The van der Waals surface area contributed by atoms with Gasteiger partial charge < -0.3 is 15.4 Å². The number of nitrogens with one attached hydrogen (secondary N) is 2. The highest BCUT2D eigenvalue weighted by atomic mass is 35.5. The van der Waals surface area contributed by atoms with Gasteiger partial charge in [0.15, 0.2) is 0 Å². The van der Waals surface area contributed by atoms with E-state index in [1.807, 2.05) is 6.92 Å². The molecule has 0 fully saturated rings. The topological polar surface area (TPSA) is 46.2 Å². The lowest BCUT2D eigenvalue weighted by atomic mass is 10.4. The molecule has 1 aromatic rings. The summed E-state index contributed by atoms with van der Waals surface area (Å²) in [6.07, 6.45) is 0.897. The molecule has 0 bridgehead atoms. The molecular weight excluding hydrogens is 261 g/mol. The second-order valence-electron chi connectivity index (χ2n) is 3.45. The molecule has 1 aromatic heterocycles. The van der Waals surface area contributed by atoms with Crippen molar-refractivity contribution in [3.05, 3.63) is 16.1 Å². The Balaban J connectivity index is 2.66. The number of nitrogens with zero attached hydrogens (tertiary/aromatic N) is 1. The van der Waals surface area contributed by atoms with Crippen LogP contribution in [0.15, 0.2) is 6.07 Å². The standard InChI is InChI=1S/C11H17Cl2N3O/c1-3-14-10-8(12)7-9(13)11(16-10)15-5-4-6-17-2/h7H,3-6H2,1-2H3,(H2,14,15,16). The fourth-order valence-corrected chi connectivity index (χ4v) is 1.80. The van der Waals surface area contributed by atoms with Crippen LogP contribution in [0, 0.1) is 0 Å². The van der Waals surface area contributed by atoms with Crippen LogP contribution in [-0.4, -0.2) is 31.8 Å². The smallest absolute Gasteiger partial charge is 0.147 e. The van der Waals surface area contributed by atoms with Crippen LogP contribution in [0.4, 0.5) is 11.6 Å². The molecule has 0 atom stereocenters. The summed E-state index contributed by atoms with van der Waals surface area (Å²) < 4.78 is 4.96. The summed E-state index contributed by atoms with van der Waals surface area (Å²) in [4.78, 5) is 4.33. The molecule has 0 amide bonds. The first kappa shape index (κ1) is 14.4. The van der Waals surface area contributed by atoms with Crippen LogP contribution in [0.25, 0.3) is 0 Å².